The predicted molar refractivity (Wildman–Crippen MR) is 58.4 cm³/mol. The van der Waals surface area contributed by atoms with Crippen LogP contribution in [0.2, 0.25) is 0 Å². The van der Waals surface area contributed by atoms with Crippen LogP contribution >= 0.6 is 23.4 Å². The third-order valence-electron chi connectivity index (χ3n) is 2.16. The minimum Gasteiger partial charge on any atom is -0.352 e. The first-order valence-electron chi connectivity index (χ1n) is 4.72. The fraction of sp³-hybridized carbons (Fsp3) is 0.889. The molecule has 0 spiro atoms. The zero-order valence-electron chi connectivity index (χ0n) is 7.88. The van der Waals surface area contributed by atoms with Crippen molar-refractivity contribution in [3.05, 3.63) is 0 Å². The molecule has 2 unspecified atom stereocenters. The van der Waals surface area contributed by atoms with Gasteiger partial charge in [0.05, 0.1) is 0 Å². The summed E-state index contributed by atoms with van der Waals surface area (Å²) in [5.41, 5.74) is 0. The average molecular weight is 222 g/mol. The van der Waals surface area contributed by atoms with Crippen LogP contribution in [0.25, 0.3) is 0 Å². The number of amides is 1. The van der Waals surface area contributed by atoms with Gasteiger partial charge in [-0.2, -0.15) is 11.8 Å². The van der Waals surface area contributed by atoms with Crippen LogP contribution in [0.1, 0.15) is 26.2 Å². The van der Waals surface area contributed by atoms with E-state index in [-0.39, 0.29) is 5.91 Å². The van der Waals surface area contributed by atoms with E-state index in [2.05, 4.69) is 5.32 Å². The van der Waals surface area contributed by atoms with Crippen LogP contribution < -0.4 is 5.32 Å². The van der Waals surface area contributed by atoms with Gasteiger partial charge in [0, 0.05) is 6.04 Å². The third kappa shape index (κ3) is 4.23. The molecule has 0 radical (unpaired) electrons. The van der Waals surface area contributed by atoms with Crippen LogP contribution in [-0.2, 0) is 4.79 Å². The van der Waals surface area contributed by atoms with Gasteiger partial charge in [-0.3, -0.25) is 4.79 Å². The molecule has 1 amide bonds. The number of nitrogens with one attached hydrogen (secondary N) is 1. The lowest BCUT2D eigenvalue weighted by Crippen LogP contribution is -2.38. The largest absolute Gasteiger partial charge is 0.352 e. The van der Waals surface area contributed by atoms with Crippen molar-refractivity contribution < 1.29 is 4.79 Å². The number of carbonyl (C=O) groups excluding carboxylic acids is 1. The molecule has 0 bridgehead atoms. The second-order valence-electron chi connectivity index (χ2n) is 3.36. The lowest BCUT2D eigenvalue weighted by atomic mass is 10.1. The molecule has 13 heavy (non-hydrogen) atoms. The maximum absolute atomic E-state index is 11.3. The van der Waals surface area contributed by atoms with E-state index in [0.29, 0.717) is 6.04 Å². The van der Waals surface area contributed by atoms with Crippen molar-refractivity contribution in [3.8, 4) is 0 Å². The van der Waals surface area contributed by atoms with Gasteiger partial charge in [0.15, 0.2) is 0 Å². The summed E-state index contributed by atoms with van der Waals surface area (Å²) in [4.78, 5) is 11.3. The van der Waals surface area contributed by atoms with Crippen molar-refractivity contribution in [2.75, 3.05) is 11.5 Å². The number of halogens is 1. The Labute approximate surface area is 88.8 Å². The van der Waals surface area contributed by atoms with Gasteiger partial charge in [-0.05, 0) is 37.7 Å². The number of rotatable bonds is 2. The smallest absolute Gasteiger partial charge is 0.237 e. The van der Waals surface area contributed by atoms with E-state index in [4.69, 9.17) is 11.6 Å². The topological polar surface area (TPSA) is 29.1 Å². The molecular formula is C9H16ClNOS. The highest BCUT2D eigenvalue weighted by Crippen LogP contribution is 2.16. The van der Waals surface area contributed by atoms with E-state index in [0.717, 1.165) is 18.6 Å². The second kappa shape index (κ2) is 5.76. The van der Waals surface area contributed by atoms with Crippen molar-refractivity contribution in [3.63, 3.8) is 0 Å². The molecule has 1 aliphatic rings. The molecule has 0 aliphatic carbocycles. The highest BCUT2D eigenvalue weighted by Gasteiger charge is 2.17. The molecule has 1 fully saturated rings. The third-order valence-corrected chi connectivity index (χ3v) is 3.46. The first kappa shape index (κ1) is 11.2. The minimum absolute atomic E-state index is 0.0291. The molecule has 0 aromatic heterocycles. The molecule has 2 atom stereocenters. The van der Waals surface area contributed by atoms with E-state index < -0.39 is 5.38 Å². The van der Waals surface area contributed by atoms with Gasteiger partial charge >= 0.3 is 0 Å². The van der Waals surface area contributed by atoms with Crippen LogP contribution in [0.15, 0.2) is 0 Å². The molecule has 1 rings (SSSR count). The molecule has 1 aliphatic heterocycles. The summed E-state index contributed by atoms with van der Waals surface area (Å²) in [5, 5.41) is 2.57. The molecule has 0 aromatic rings. The van der Waals surface area contributed by atoms with Crippen LogP contribution in [0, 0.1) is 0 Å². The van der Waals surface area contributed by atoms with Gasteiger partial charge < -0.3 is 5.32 Å². The Morgan fingerprint density at radius 1 is 1.54 bits per heavy atom. The summed E-state index contributed by atoms with van der Waals surface area (Å²) in [6, 6.07) is 0.351. The minimum atomic E-state index is -0.407. The highest BCUT2D eigenvalue weighted by molar-refractivity contribution is 7.99. The Hall–Kier alpha value is 0.110. The van der Waals surface area contributed by atoms with Crippen LogP contribution in [0.3, 0.4) is 0 Å². The number of hydrogen-bond donors (Lipinski definition) is 1. The Morgan fingerprint density at radius 3 is 3.00 bits per heavy atom. The van der Waals surface area contributed by atoms with Crippen molar-refractivity contribution in [2.45, 2.75) is 37.6 Å². The van der Waals surface area contributed by atoms with Gasteiger partial charge in [0.25, 0.3) is 0 Å². The fourth-order valence-corrected chi connectivity index (χ4v) is 2.45. The second-order valence-corrected chi connectivity index (χ2v) is 5.24. The van der Waals surface area contributed by atoms with Crippen LogP contribution in [0.5, 0.6) is 0 Å². The summed E-state index contributed by atoms with van der Waals surface area (Å²) >= 11 is 7.64. The molecular weight excluding hydrogens is 206 g/mol. The summed E-state index contributed by atoms with van der Waals surface area (Å²) in [6.45, 7) is 1.71. The summed E-state index contributed by atoms with van der Waals surface area (Å²) in [5.74, 6) is 2.35. The molecule has 1 saturated heterocycles. The highest BCUT2D eigenvalue weighted by atomic mass is 35.5. The maximum atomic E-state index is 11.3. The molecule has 1 heterocycles. The normalized spacial score (nSPS) is 26.2. The fourth-order valence-electron chi connectivity index (χ4n) is 1.36. The average Bonchev–Trinajstić information content (AvgIpc) is 2.32. The van der Waals surface area contributed by atoms with Gasteiger partial charge in [0.2, 0.25) is 5.91 Å². The van der Waals surface area contributed by atoms with Crippen molar-refractivity contribution in [1.82, 2.24) is 5.32 Å². The van der Waals surface area contributed by atoms with Gasteiger partial charge in [0.1, 0.15) is 5.38 Å². The quantitative estimate of drug-likeness (QED) is 0.723. The summed E-state index contributed by atoms with van der Waals surface area (Å²) in [7, 11) is 0. The van der Waals surface area contributed by atoms with E-state index >= 15 is 0 Å². The van der Waals surface area contributed by atoms with E-state index in [1.54, 1.807) is 6.92 Å². The predicted octanol–water partition coefficient (Wildman–Crippen LogP) is 2.02. The SMILES string of the molecule is CC(Cl)C(=O)NC1CCCSCC1. The summed E-state index contributed by atoms with van der Waals surface area (Å²) < 4.78 is 0. The first-order valence-corrected chi connectivity index (χ1v) is 6.31. The molecule has 4 heteroatoms. The Balaban J connectivity index is 2.29. The van der Waals surface area contributed by atoms with E-state index in [1.807, 2.05) is 11.8 Å². The van der Waals surface area contributed by atoms with E-state index in [1.165, 1.54) is 12.2 Å². The van der Waals surface area contributed by atoms with Gasteiger partial charge in [-0.15, -0.1) is 11.6 Å². The molecule has 1 N–H and O–H groups in total. The number of thioether (sulfide) groups is 1. The maximum Gasteiger partial charge on any atom is 0.237 e. The van der Waals surface area contributed by atoms with Crippen molar-refractivity contribution >= 4 is 29.3 Å². The standard InChI is InChI=1S/C9H16ClNOS/c1-7(10)9(12)11-8-3-2-5-13-6-4-8/h7-8H,2-6H2,1H3,(H,11,12). The Morgan fingerprint density at radius 2 is 2.31 bits per heavy atom. The zero-order chi connectivity index (χ0) is 9.68. The molecule has 2 nitrogen and oxygen atoms in total. The molecule has 0 saturated carbocycles. The Kier molecular flexibility index (Phi) is 4.96. The summed E-state index contributed by atoms with van der Waals surface area (Å²) in [6.07, 6.45) is 3.38. The van der Waals surface area contributed by atoms with Crippen LogP contribution in [0.4, 0.5) is 0 Å². The van der Waals surface area contributed by atoms with Gasteiger partial charge in [-0.25, -0.2) is 0 Å². The zero-order valence-corrected chi connectivity index (χ0v) is 9.46. The van der Waals surface area contributed by atoms with Crippen LogP contribution in [-0.4, -0.2) is 28.8 Å². The monoisotopic (exact) mass is 221 g/mol. The number of hydrogen-bond acceptors (Lipinski definition) is 2. The molecule has 0 aromatic carbocycles. The van der Waals surface area contributed by atoms with Crippen molar-refractivity contribution in [1.29, 1.82) is 0 Å². The van der Waals surface area contributed by atoms with Crippen molar-refractivity contribution in [2.24, 2.45) is 0 Å². The molecule has 76 valence electrons. The number of alkyl halides is 1. The van der Waals surface area contributed by atoms with E-state index in [9.17, 15) is 4.79 Å². The number of carbonyl (C=O) groups is 1. The van der Waals surface area contributed by atoms with Gasteiger partial charge in [-0.1, -0.05) is 0 Å². The lowest BCUT2D eigenvalue weighted by Gasteiger charge is -2.16. The Bertz CT molecular complexity index is 167. The first-order chi connectivity index (χ1) is 6.20. The lowest BCUT2D eigenvalue weighted by molar-refractivity contribution is -0.121.